The predicted molar refractivity (Wildman–Crippen MR) is 63.4 cm³/mol. The van der Waals surface area contributed by atoms with E-state index in [4.69, 9.17) is 0 Å². The Bertz CT molecular complexity index is 457. The topological polar surface area (TPSA) is 42.2 Å². The second kappa shape index (κ2) is 3.77. The second-order valence-electron chi connectivity index (χ2n) is 4.47. The number of hydrogen-bond donors (Lipinski definition) is 1. The molecule has 2 aromatic rings. The van der Waals surface area contributed by atoms with Crippen molar-refractivity contribution < 1.29 is 0 Å². The molecule has 0 spiro atoms. The van der Waals surface area contributed by atoms with E-state index in [9.17, 15) is 0 Å². The van der Waals surface area contributed by atoms with Crippen molar-refractivity contribution in [2.75, 3.05) is 5.32 Å². The number of hydrogen-bond acceptors (Lipinski definition) is 3. The fourth-order valence-corrected chi connectivity index (χ4v) is 2.17. The SMILES string of the molecule is CCCC1CC1Nc1nc2ccccn2n1. The maximum absolute atomic E-state index is 4.43. The Hall–Kier alpha value is -1.58. The Kier molecular flexibility index (Phi) is 2.27. The predicted octanol–water partition coefficient (Wildman–Crippen LogP) is 2.33. The van der Waals surface area contributed by atoms with E-state index in [2.05, 4.69) is 22.3 Å². The van der Waals surface area contributed by atoms with Crippen molar-refractivity contribution in [1.82, 2.24) is 14.6 Å². The second-order valence-corrected chi connectivity index (χ2v) is 4.47. The summed E-state index contributed by atoms with van der Waals surface area (Å²) in [7, 11) is 0. The molecule has 0 amide bonds. The third-order valence-corrected chi connectivity index (χ3v) is 3.14. The summed E-state index contributed by atoms with van der Waals surface area (Å²) in [4.78, 5) is 4.43. The Balaban J connectivity index is 1.71. The fraction of sp³-hybridized carbons (Fsp3) is 0.500. The first-order chi connectivity index (χ1) is 7.86. The van der Waals surface area contributed by atoms with Gasteiger partial charge in [0.15, 0.2) is 5.65 Å². The molecule has 2 unspecified atom stereocenters. The van der Waals surface area contributed by atoms with Crippen LogP contribution >= 0.6 is 0 Å². The molecule has 0 bridgehead atoms. The van der Waals surface area contributed by atoms with Crippen LogP contribution in [-0.4, -0.2) is 20.6 Å². The van der Waals surface area contributed by atoms with Crippen molar-refractivity contribution >= 4 is 11.6 Å². The minimum Gasteiger partial charge on any atom is -0.350 e. The molecule has 0 aliphatic heterocycles. The summed E-state index contributed by atoms with van der Waals surface area (Å²) >= 11 is 0. The molecule has 1 aliphatic carbocycles. The van der Waals surface area contributed by atoms with E-state index in [1.807, 2.05) is 24.4 Å². The van der Waals surface area contributed by atoms with Crippen LogP contribution in [0.25, 0.3) is 5.65 Å². The van der Waals surface area contributed by atoms with Gasteiger partial charge < -0.3 is 5.32 Å². The van der Waals surface area contributed by atoms with Gasteiger partial charge in [-0.05, 0) is 30.9 Å². The molecule has 2 heterocycles. The first-order valence-electron chi connectivity index (χ1n) is 5.95. The molecule has 1 aliphatic rings. The number of rotatable bonds is 4. The van der Waals surface area contributed by atoms with Crippen molar-refractivity contribution in [2.24, 2.45) is 5.92 Å². The van der Waals surface area contributed by atoms with Crippen LogP contribution in [0, 0.1) is 5.92 Å². The van der Waals surface area contributed by atoms with E-state index in [1.165, 1.54) is 19.3 Å². The van der Waals surface area contributed by atoms with Crippen LogP contribution in [0.3, 0.4) is 0 Å². The number of aromatic nitrogens is 3. The van der Waals surface area contributed by atoms with Gasteiger partial charge in [-0.2, -0.15) is 4.98 Å². The molecule has 2 aromatic heterocycles. The van der Waals surface area contributed by atoms with Crippen molar-refractivity contribution in [3.8, 4) is 0 Å². The van der Waals surface area contributed by atoms with Gasteiger partial charge in [0.25, 0.3) is 0 Å². The summed E-state index contributed by atoms with van der Waals surface area (Å²) < 4.78 is 1.81. The van der Waals surface area contributed by atoms with Crippen LogP contribution in [-0.2, 0) is 0 Å². The molecule has 0 radical (unpaired) electrons. The zero-order valence-electron chi connectivity index (χ0n) is 9.43. The Morgan fingerprint density at radius 2 is 2.44 bits per heavy atom. The van der Waals surface area contributed by atoms with Crippen LogP contribution in [0.5, 0.6) is 0 Å². The first-order valence-corrected chi connectivity index (χ1v) is 5.95. The highest BCUT2D eigenvalue weighted by atomic mass is 15.3. The number of nitrogens with one attached hydrogen (secondary N) is 1. The number of anilines is 1. The summed E-state index contributed by atoms with van der Waals surface area (Å²) in [5.74, 6) is 1.59. The lowest BCUT2D eigenvalue weighted by molar-refractivity contribution is 0.691. The van der Waals surface area contributed by atoms with Crippen molar-refractivity contribution in [3.05, 3.63) is 24.4 Å². The first kappa shape index (κ1) is 9.63. The Morgan fingerprint density at radius 3 is 3.25 bits per heavy atom. The van der Waals surface area contributed by atoms with Crippen LogP contribution in [0.4, 0.5) is 5.95 Å². The van der Waals surface area contributed by atoms with Crippen molar-refractivity contribution in [3.63, 3.8) is 0 Å². The molecule has 4 heteroatoms. The van der Waals surface area contributed by atoms with E-state index in [0.717, 1.165) is 17.5 Å². The third-order valence-electron chi connectivity index (χ3n) is 3.14. The summed E-state index contributed by atoms with van der Waals surface area (Å²) in [5, 5.41) is 7.78. The zero-order valence-corrected chi connectivity index (χ0v) is 9.43. The lowest BCUT2D eigenvalue weighted by Crippen LogP contribution is -2.06. The standard InChI is InChI=1S/C12H16N4/c1-2-5-9-8-10(9)13-12-14-11-6-3-4-7-16(11)15-12/h3-4,6-7,9-10H,2,5,8H2,1H3,(H,13,15). The quantitative estimate of drug-likeness (QED) is 0.853. The van der Waals surface area contributed by atoms with Crippen LogP contribution in [0.1, 0.15) is 26.2 Å². The number of pyridine rings is 1. The highest BCUT2D eigenvalue weighted by Gasteiger charge is 2.36. The molecule has 0 saturated heterocycles. The highest BCUT2D eigenvalue weighted by Crippen LogP contribution is 2.36. The Labute approximate surface area is 94.7 Å². The molecule has 3 rings (SSSR count). The van der Waals surface area contributed by atoms with Gasteiger partial charge in [0.05, 0.1) is 0 Å². The van der Waals surface area contributed by atoms with Gasteiger partial charge in [-0.3, -0.25) is 0 Å². The average Bonchev–Trinajstić information content (AvgIpc) is 2.88. The molecule has 2 atom stereocenters. The monoisotopic (exact) mass is 216 g/mol. The summed E-state index contributed by atoms with van der Waals surface area (Å²) in [6.45, 7) is 2.23. The summed E-state index contributed by atoms with van der Waals surface area (Å²) in [6, 6.07) is 6.50. The average molecular weight is 216 g/mol. The van der Waals surface area contributed by atoms with Gasteiger partial charge in [0, 0.05) is 12.2 Å². The molecular weight excluding hydrogens is 200 g/mol. The molecule has 84 valence electrons. The van der Waals surface area contributed by atoms with E-state index >= 15 is 0 Å². The Morgan fingerprint density at radius 1 is 1.50 bits per heavy atom. The van der Waals surface area contributed by atoms with E-state index < -0.39 is 0 Å². The minimum absolute atomic E-state index is 0.595. The molecule has 16 heavy (non-hydrogen) atoms. The van der Waals surface area contributed by atoms with Gasteiger partial charge in [0.1, 0.15) is 0 Å². The molecule has 1 saturated carbocycles. The minimum atomic E-state index is 0.595. The number of nitrogens with zero attached hydrogens (tertiary/aromatic N) is 3. The van der Waals surface area contributed by atoms with Crippen molar-refractivity contribution in [1.29, 1.82) is 0 Å². The van der Waals surface area contributed by atoms with Gasteiger partial charge in [-0.25, -0.2) is 4.52 Å². The lowest BCUT2D eigenvalue weighted by Gasteiger charge is -1.98. The molecular formula is C12H16N4. The highest BCUT2D eigenvalue weighted by molar-refractivity contribution is 5.43. The zero-order chi connectivity index (χ0) is 11.0. The van der Waals surface area contributed by atoms with E-state index in [-0.39, 0.29) is 0 Å². The maximum atomic E-state index is 4.43. The maximum Gasteiger partial charge on any atom is 0.243 e. The van der Waals surface area contributed by atoms with Crippen LogP contribution < -0.4 is 5.32 Å². The molecule has 1 fully saturated rings. The van der Waals surface area contributed by atoms with Gasteiger partial charge in [0.2, 0.25) is 5.95 Å². The largest absolute Gasteiger partial charge is 0.350 e. The summed E-state index contributed by atoms with van der Waals surface area (Å²) in [5.41, 5.74) is 0.901. The van der Waals surface area contributed by atoms with E-state index in [1.54, 1.807) is 4.52 Å². The molecule has 0 aromatic carbocycles. The smallest absolute Gasteiger partial charge is 0.243 e. The van der Waals surface area contributed by atoms with E-state index in [0.29, 0.717) is 6.04 Å². The number of fused-ring (bicyclic) bond motifs is 1. The van der Waals surface area contributed by atoms with Gasteiger partial charge in [-0.15, -0.1) is 5.10 Å². The lowest BCUT2D eigenvalue weighted by atomic mass is 10.2. The van der Waals surface area contributed by atoms with Gasteiger partial charge >= 0.3 is 0 Å². The van der Waals surface area contributed by atoms with Crippen molar-refractivity contribution in [2.45, 2.75) is 32.2 Å². The summed E-state index contributed by atoms with van der Waals surface area (Å²) in [6.07, 6.45) is 5.76. The van der Waals surface area contributed by atoms with Crippen LogP contribution in [0.2, 0.25) is 0 Å². The normalized spacial score (nSPS) is 23.6. The molecule has 4 nitrogen and oxygen atoms in total. The van der Waals surface area contributed by atoms with Gasteiger partial charge in [-0.1, -0.05) is 19.4 Å². The molecule has 1 N–H and O–H groups in total. The third kappa shape index (κ3) is 1.75. The fourth-order valence-electron chi connectivity index (χ4n) is 2.17. The van der Waals surface area contributed by atoms with Crippen LogP contribution in [0.15, 0.2) is 24.4 Å².